The topological polar surface area (TPSA) is 118 Å². The third-order valence-electron chi connectivity index (χ3n) is 4.32. The van der Waals surface area contributed by atoms with Crippen molar-refractivity contribution in [2.45, 2.75) is 19.9 Å². The molecule has 1 N–H and O–H groups in total. The summed E-state index contributed by atoms with van der Waals surface area (Å²) in [6.07, 6.45) is 2.96. The number of benzene rings is 2. The first-order chi connectivity index (χ1) is 13.1. The zero-order valence-corrected chi connectivity index (χ0v) is 16.3. The van der Waals surface area contributed by atoms with E-state index in [2.05, 4.69) is 4.72 Å². The highest BCUT2D eigenvalue weighted by atomic mass is 32.2. The van der Waals surface area contributed by atoms with Crippen LogP contribution in [0.1, 0.15) is 25.5 Å². The van der Waals surface area contributed by atoms with Gasteiger partial charge in [0.15, 0.2) is 0 Å². The molecule has 1 heterocycles. The molecule has 28 heavy (non-hydrogen) atoms. The summed E-state index contributed by atoms with van der Waals surface area (Å²) in [4.78, 5) is 10.7. The maximum absolute atomic E-state index is 11.5. The van der Waals surface area contributed by atoms with Gasteiger partial charge in [-0.15, -0.1) is 0 Å². The van der Waals surface area contributed by atoms with Gasteiger partial charge in [-0.1, -0.05) is 12.1 Å². The molecule has 3 aromatic rings. The molecule has 0 amide bonds. The highest BCUT2D eigenvalue weighted by Gasteiger charge is 2.19. The number of nitrogens with one attached hydrogen (secondary N) is 1. The van der Waals surface area contributed by atoms with E-state index in [9.17, 15) is 18.5 Å². The third-order valence-corrected chi connectivity index (χ3v) is 4.93. The fourth-order valence-corrected chi connectivity index (χ4v) is 3.69. The van der Waals surface area contributed by atoms with Crippen molar-refractivity contribution in [3.05, 3.63) is 58.3 Å². The van der Waals surface area contributed by atoms with Gasteiger partial charge in [0.05, 0.1) is 22.4 Å². The van der Waals surface area contributed by atoms with Crippen molar-refractivity contribution >= 4 is 32.3 Å². The Labute approximate surface area is 162 Å². The van der Waals surface area contributed by atoms with Gasteiger partial charge in [0.1, 0.15) is 11.6 Å². The number of aromatic nitrogens is 1. The summed E-state index contributed by atoms with van der Waals surface area (Å²) in [7, 11) is -3.41. The molecule has 0 aliphatic rings. The summed E-state index contributed by atoms with van der Waals surface area (Å²) in [5, 5.41) is 21.2. The number of fused-ring (bicyclic) bond motifs is 1. The lowest BCUT2D eigenvalue weighted by atomic mass is 10.0. The fraction of sp³-hybridized carbons (Fsp3) is 0.211. The zero-order chi connectivity index (χ0) is 20.6. The number of nitro groups is 1. The Morgan fingerprint density at radius 3 is 2.50 bits per heavy atom. The van der Waals surface area contributed by atoms with E-state index in [0.717, 1.165) is 22.7 Å². The van der Waals surface area contributed by atoms with Crippen molar-refractivity contribution in [2.75, 3.05) is 11.0 Å². The van der Waals surface area contributed by atoms with E-state index < -0.39 is 14.9 Å². The Hall–Kier alpha value is -3.38. The SMILES string of the molecule is CC(C)n1cc(-c2ccc(C#N)c([N+](=O)[O-])c2)c2ccc(NS(C)(=O)=O)cc21. The predicted molar refractivity (Wildman–Crippen MR) is 108 cm³/mol. The van der Waals surface area contributed by atoms with Crippen LogP contribution in [0.15, 0.2) is 42.6 Å². The normalized spacial score (nSPS) is 11.5. The molecule has 0 saturated heterocycles. The van der Waals surface area contributed by atoms with Crippen molar-refractivity contribution in [1.29, 1.82) is 5.26 Å². The standard InChI is InChI=1S/C19H18N4O4S/c1-12(2)22-11-17(13-4-5-14(10-20)18(8-13)23(24)25)16-7-6-15(9-19(16)22)21-28(3,26)27/h4-9,11-12,21H,1-3H3. The largest absolute Gasteiger partial charge is 0.344 e. The molecule has 0 radical (unpaired) electrons. The molecule has 0 atom stereocenters. The highest BCUT2D eigenvalue weighted by molar-refractivity contribution is 7.92. The number of nitro benzene ring substituents is 1. The van der Waals surface area contributed by atoms with E-state index >= 15 is 0 Å². The van der Waals surface area contributed by atoms with E-state index in [1.165, 1.54) is 12.1 Å². The molecular weight excluding hydrogens is 380 g/mol. The highest BCUT2D eigenvalue weighted by Crippen LogP contribution is 2.36. The van der Waals surface area contributed by atoms with Crippen LogP contribution in [0.4, 0.5) is 11.4 Å². The maximum atomic E-state index is 11.5. The molecule has 0 aliphatic heterocycles. The number of hydrogen-bond acceptors (Lipinski definition) is 5. The van der Waals surface area contributed by atoms with E-state index in [-0.39, 0.29) is 17.3 Å². The van der Waals surface area contributed by atoms with Crippen molar-refractivity contribution in [1.82, 2.24) is 4.57 Å². The second-order valence-corrected chi connectivity index (χ2v) is 8.50. The molecule has 3 rings (SSSR count). The van der Waals surface area contributed by atoms with Crippen LogP contribution in [-0.4, -0.2) is 24.2 Å². The molecule has 2 aromatic carbocycles. The molecule has 0 spiro atoms. The maximum Gasteiger partial charge on any atom is 0.287 e. The van der Waals surface area contributed by atoms with Crippen LogP contribution in [0.5, 0.6) is 0 Å². The summed E-state index contributed by atoms with van der Waals surface area (Å²) in [5.74, 6) is 0. The van der Waals surface area contributed by atoms with Gasteiger partial charge in [0, 0.05) is 29.3 Å². The Bertz CT molecular complexity index is 1240. The lowest BCUT2D eigenvalue weighted by Crippen LogP contribution is -2.09. The molecular formula is C19H18N4O4S. The number of rotatable bonds is 5. The van der Waals surface area contributed by atoms with Crippen molar-refractivity contribution in [3.8, 4) is 17.2 Å². The van der Waals surface area contributed by atoms with Crippen LogP contribution in [0.25, 0.3) is 22.0 Å². The van der Waals surface area contributed by atoms with Gasteiger partial charge in [-0.25, -0.2) is 8.42 Å². The predicted octanol–water partition coefficient (Wildman–Crippen LogP) is 4.04. The molecule has 8 nitrogen and oxygen atoms in total. The third kappa shape index (κ3) is 3.68. The van der Waals surface area contributed by atoms with Gasteiger partial charge >= 0.3 is 0 Å². The number of nitriles is 1. The van der Waals surface area contributed by atoms with Gasteiger partial charge in [-0.2, -0.15) is 5.26 Å². The van der Waals surface area contributed by atoms with Crippen LogP contribution in [-0.2, 0) is 10.0 Å². The molecule has 9 heteroatoms. The second-order valence-electron chi connectivity index (χ2n) is 6.75. The van der Waals surface area contributed by atoms with Crippen LogP contribution in [0.3, 0.4) is 0 Å². The summed E-state index contributed by atoms with van der Waals surface area (Å²) < 4.78 is 27.5. The average Bonchev–Trinajstić information content (AvgIpc) is 2.98. The minimum atomic E-state index is -3.41. The summed E-state index contributed by atoms with van der Waals surface area (Å²) >= 11 is 0. The van der Waals surface area contributed by atoms with Gasteiger partial charge in [-0.05, 0) is 37.6 Å². The molecule has 0 bridgehead atoms. The zero-order valence-electron chi connectivity index (χ0n) is 15.5. The summed E-state index contributed by atoms with van der Waals surface area (Å²) in [6, 6.07) is 11.6. The Balaban J connectivity index is 2.24. The van der Waals surface area contributed by atoms with E-state index in [0.29, 0.717) is 11.3 Å². The first-order valence-corrected chi connectivity index (χ1v) is 10.3. The molecule has 0 saturated carbocycles. The smallest absolute Gasteiger partial charge is 0.287 e. The Morgan fingerprint density at radius 1 is 1.21 bits per heavy atom. The Morgan fingerprint density at radius 2 is 1.93 bits per heavy atom. The minimum Gasteiger partial charge on any atom is -0.344 e. The first-order valence-electron chi connectivity index (χ1n) is 8.42. The van der Waals surface area contributed by atoms with Crippen LogP contribution in [0.2, 0.25) is 0 Å². The molecule has 1 aromatic heterocycles. The molecule has 0 fully saturated rings. The van der Waals surface area contributed by atoms with Crippen molar-refractivity contribution in [2.24, 2.45) is 0 Å². The van der Waals surface area contributed by atoms with E-state index in [4.69, 9.17) is 5.26 Å². The minimum absolute atomic E-state index is 0.000913. The van der Waals surface area contributed by atoms with Crippen LogP contribution < -0.4 is 4.72 Å². The summed E-state index contributed by atoms with van der Waals surface area (Å²) in [5.41, 5.74) is 2.36. The molecule has 144 valence electrons. The summed E-state index contributed by atoms with van der Waals surface area (Å²) in [6.45, 7) is 3.97. The second kappa shape index (κ2) is 6.98. The van der Waals surface area contributed by atoms with E-state index in [1.54, 1.807) is 24.3 Å². The number of anilines is 1. The van der Waals surface area contributed by atoms with Gasteiger partial charge < -0.3 is 4.57 Å². The van der Waals surface area contributed by atoms with Gasteiger partial charge in [-0.3, -0.25) is 14.8 Å². The molecule has 0 unspecified atom stereocenters. The van der Waals surface area contributed by atoms with Crippen molar-refractivity contribution < 1.29 is 13.3 Å². The van der Waals surface area contributed by atoms with Crippen molar-refractivity contribution in [3.63, 3.8) is 0 Å². The monoisotopic (exact) mass is 398 g/mol. The van der Waals surface area contributed by atoms with Crippen LogP contribution in [0, 0.1) is 21.4 Å². The Kier molecular flexibility index (Phi) is 4.83. The quantitative estimate of drug-likeness (QED) is 0.514. The van der Waals surface area contributed by atoms with Crippen LogP contribution >= 0.6 is 0 Å². The van der Waals surface area contributed by atoms with Gasteiger partial charge in [0.25, 0.3) is 5.69 Å². The van der Waals surface area contributed by atoms with Gasteiger partial charge in [0.2, 0.25) is 10.0 Å². The lowest BCUT2D eigenvalue weighted by Gasteiger charge is -2.10. The number of sulfonamides is 1. The average molecular weight is 398 g/mol. The fourth-order valence-electron chi connectivity index (χ4n) is 3.13. The lowest BCUT2D eigenvalue weighted by molar-refractivity contribution is -0.385. The molecule has 0 aliphatic carbocycles. The first kappa shape index (κ1) is 19.4. The number of hydrogen-bond donors (Lipinski definition) is 1. The van der Waals surface area contributed by atoms with E-state index in [1.807, 2.05) is 30.7 Å². The number of nitrogens with zero attached hydrogens (tertiary/aromatic N) is 3.